The normalized spacial score (nSPS) is 10.9. The Morgan fingerprint density at radius 3 is 2.94 bits per heavy atom. The van der Waals surface area contributed by atoms with E-state index in [0.717, 1.165) is 23.7 Å². The van der Waals surface area contributed by atoms with Gasteiger partial charge in [0.15, 0.2) is 0 Å². The fourth-order valence-corrected chi connectivity index (χ4v) is 2.70. The zero-order valence-corrected chi connectivity index (χ0v) is 10.5. The van der Waals surface area contributed by atoms with E-state index in [1.165, 1.54) is 10.6 Å². The van der Waals surface area contributed by atoms with Crippen molar-refractivity contribution < 1.29 is 0 Å². The quantitative estimate of drug-likeness (QED) is 0.891. The monoisotopic (exact) mass is 255 g/mol. The minimum absolute atomic E-state index is 0.663. The molecule has 0 spiro atoms. The van der Waals surface area contributed by atoms with Crippen LogP contribution in [0.5, 0.6) is 0 Å². The van der Waals surface area contributed by atoms with Crippen molar-refractivity contribution in [1.82, 2.24) is 9.55 Å². The van der Waals surface area contributed by atoms with Crippen LogP contribution in [0.2, 0.25) is 4.34 Å². The average Bonchev–Trinajstić information content (AvgIpc) is 2.85. The highest BCUT2D eigenvalue weighted by Crippen LogP contribution is 2.22. The van der Waals surface area contributed by atoms with Gasteiger partial charge >= 0.3 is 0 Å². The van der Waals surface area contributed by atoms with Gasteiger partial charge in [-0.2, -0.15) is 0 Å². The standard InChI is InChI=1S/C11H14ClN3S/c12-11-2-1-10(16-11)4-6-15-8-14-7-9(15)3-5-13/h1-2,7-8H,3-6,13H2. The van der Waals surface area contributed by atoms with E-state index in [2.05, 4.69) is 15.6 Å². The van der Waals surface area contributed by atoms with Crippen LogP contribution in [0.3, 0.4) is 0 Å². The largest absolute Gasteiger partial charge is 0.334 e. The molecule has 2 aromatic rings. The Kier molecular flexibility index (Phi) is 3.98. The van der Waals surface area contributed by atoms with Crippen molar-refractivity contribution in [3.05, 3.63) is 39.6 Å². The lowest BCUT2D eigenvalue weighted by Crippen LogP contribution is -2.09. The zero-order valence-electron chi connectivity index (χ0n) is 8.90. The van der Waals surface area contributed by atoms with E-state index in [0.29, 0.717) is 6.54 Å². The third-order valence-electron chi connectivity index (χ3n) is 2.43. The Morgan fingerprint density at radius 1 is 1.38 bits per heavy atom. The van der Waals surface area contributed by atoms with Crippen LogP contribution in [0.1, 0.15) is 10.6 Å². The second kappa shape index (κ2) is 5.48. The first-order valence-corrected chi connectivity index (χ1v) is 6.42. The first kappa shape index (κ1) is 11.6. The van der Waals surface area contributed by atoms with Crippen molar-refractivity contribution >= 4 is 22.9 Å². The first-order valence-electron chi connectivity index (χ1n) is 5.23. The van der Waals surface area contributed by atoms with E-state index in [4.69, 9.17) is 17.3 Å². The van der Waals surface area contributed by atoms with Crippen LogP contribution in [0.25, 0.3) is 0 Å². The van der Waals surface area contributed by atoms with Gasteiger partial charge in [-0.1, -0.05) is 11.6 Å². The number of halogens is 1. The number of aromatic nitrogens is 2. The second-order valence-electron chi connectivity index (χ2n) is 3.57. The van der Waals surface area contributed by atoms with Crippen LogP contribution in [-0.4, -0.2) is 16.1 Å². The Bertz CT molecular complexity index is 450. The van der Waals surface area contributed by atoms with Crippen molar-refractivity contribution in [1.29, 1.82) is 0 Å². The molecule has 0 saturated heterocycles. The van der Waals surface area contributed by atoms with Crippen LogP contribution in [0, 0.1) is 0 Å². The molecule has 0 aliphatic heterocycles. The smallest absolute Gasteiger partial charge is 0.0948 e. The van der Waals surface area contributed by atoms with E-state index in [1.54, 1.807) is 11.3 Å². The highest BCUT2D eigenvalue weighted by Gasteiger charge is 2.03. The predicted octanol–water partition coefficient (Wildman–Crippen LogP) is 2.34. The molecular weight excluding hydrogens is 242 g/mol. The summed E-state index contributed by atoms with van der Waals surface area (Å²) >= 11 is 7.52. The fourth-order valence-electron chi connectivity index (χ4n) is 1.62. The number of thiophene rings is 1. The Balaban J connectivity index is 1.96. The summed E-state index contributed by atoms with van der Waals surface area (Å²) in [5.41, 5.74) is 6.74. The highest BCUT2D eigenvalue weighted by atomic mass is 35.5. The van der Waals surface area contributed by atoms with Gasteiger partial charge in [-0.05, 0) is 25.1 Å². The number of nitrogens with zero attached hydrogens (tertiary/aromatic N) is 2. The topological polar surface area (TPSA) is 43.8 Å². The number of rotatable bonds is 5. The molecule has 0 aliphatic carbocycles. The van der Waals surface area contributed by atoms with Crippen LogP contribution in [0.15, 0.2) is 24.7 Å². The van der Waals surface area contributed by atoms with Gasteiger partial charge in [-0.25, -0.2) is 4.98 Å². The lowest BCUT2D eigenvalue weighted by Gasteiger charge is -2.05. The third kappa shape index (κ3) is 2.84. The molecule has 2 rings (SSSR count). The molecule has 5 heteroatoms. The Labute approximate surface area is 104 Å². The molecule has 16 heavy (non-hydrogen) atoms. The molecule has 2 aromatic heterocycles. The molecule has 2 heterocycles. The average molecular weight is 256 g/mol. The summed E-state index contributed by atoms with van der Waals surface area (Å²) in [7, 11) is 0. The summed E-state index contributed by atoms with van der Waals surface area (Å²) in [6.45, 7) is 1.60. The number of nitrogens with two attached hydrogens (primary N) is 1. The molecule has 2 N–H and O–H groups in total. The van der Waals surface area contributed by atoms with Crippen LogP contribution < -0.4 is 5.73 Å². The van der Waals surface area contributed by atoms with Gasteiger partial charge in [0.2, 0.25) is 0 Å². The van der Waals surface area contributed by atoms with Crippen LogP contribution >= 0.6 is 22.9 Å². The Hall–Kier alpha value is -0.840. The van der Waals surface area contributed by atoms with Gasteiger partial charge in [0.25, 0.3) is 0 Å². The lowest BCUT2D eigenvalue weighted by molar-refractivity contribution is 0.662. The van der Waals surface area contributed by atoms with E-state index in [9.17, 15) is 0 Å². The Morgan fingerprint density at radius 2 is 2.25 bits per heavy atom. The summed E-state index contributed by atoms with van der Waals surface area (Å²) < 4.78 is 3.00. The maximum absolute atomic E-state index is 5.88. The molecule has 0 bridgehead atoms. The van der Waals surface area contributed by atoms with Gasteiger partial charge < -0.3 is 10.3 Å². The van der Waals surface area contributed by atoms with Gasteiger partial charge in [-0.15, -0.1) is 11.3 Å². The third-order valence-corrected chi connectivity index (χ3v) is 3.72. The fraction of sp³-hybridized carbons (Fsp3) is 0.364. The summed E-state index contributed by atoms with van der Waals surface area (Å²) in [5, 5.41) is 0. The second-order valence-corrected chi connectivity index (χ2v) is 5.37. The molecule has 0 radical (unpaired) electrons. The summed E-state index contributed by atoms with van der Waals surface area (Å²) in [5.74, 6) is 0. The van der Waals surface area contributed by atoms with E-state index >= 15 is 0 Å². The van der Waals surface area contributed by atoms with E-state index in [-0.39, 0.29) is 0 Å². The number of aryl methyl sites for hydroxylation is 2. The summed E-state index contributed by atoms with van der Waals surface area (Å²) in [6.07, 6.45) is 5.62. The molecule has 0 unspecified atom stereocenters. The maximum atomic E-state index is 5.88. The zero-order chi connectivity index (χ0) is 11.4. The van der Waals surface area contributed by atoms with Gasteiger partial charge in [0.05, 0.1) is 10.7 Å². The minimum Gasteiger partial charge on any atom is -0.334 e. The van der Waals surface area contributed by atoms with Crippen molar-refractivity contribution in [2.24, 2.45) is 5.73 Å². The molecule has 0 aliphatic rings. The molecule has 86 valence electrons. The SMILES string of the molecule is NCCc1cncn1CCc1ccc(Cl)s1. The first-order chi connectivity index (χ1) is 7.79. The number of hydrogen-bond donors (Lipinski definition) is 1. The van der Waals surface area contributed by atoms with Gasteiger partial charge in [-0.3, -0.25) is 0 Å². The maximum Gasteiger partial charge on any atom is 0.0948 e. The summed E-state index contributed by atoms with van der Waals surface area (Å²) in [4.78, 5) is 5.45. The van der Waals surface area contributed by atoms with Gasteiger partial charge in [0, 0.05) is 29.7 Å². The van der Waals surface area contributed by atoms with E-state index < -0.39 is 0 Å². The number of hydrogen-bond acceptors (Lipinski definition) is 3. The van der Waals surface area contributed by atoms with E-state index in [1.807, 2.05) is 18.6 Å². The van der Waals surface area contributed by atoms with Crippen molar-refractivity contribution in [2.45, 2.75) is 19.4 Å². The highest BCUT2D eigenvalue weighted by molar-refractivity contribution is 7.16. The van der Waals surface area contributed by atoms with Crippen LogP contribution in [-0.2, 0) is 19.4 Å². The molecule has 3 nitrogen and oxygen atoms in total. The number of imidazole rings is 1. The lowest BCUT2D eigenvalue weighted by atomic mass is 10.3. The molecule has 0 aromatic carbocycles. The van der Waals surface area contributed by atoms with Crippen molar-refractivity contribution in [3.8, 4) is 0 Å². The van der Waals surface area contributed by atoms with Gasteiger partial charge in [0.1, 0.15) is 0 Å². The molecule has 0 saturated carbocycles. The molecular formula is C11H14ClN3S. The molecule has 0 atom stereocenters. The molecule has 0 amide bonds. The van der Waals surface area contributed by atoms with Crippen molar-refractivity contribution in [2.75, 3.05) is 6.54 Å². The summed E-state index contributed by atoms with van der Waals surface area (Å²) in [6, 6.07) is 4.02. The van der Waals surface area contributed by atoms with Crippen molar-refractivity contribution in [3.63, 3.8) is 0 Å². The van der Waals surface area contributed by atoms with Crippen LogP contribution in [0.4, 0.5) is 0 Å². The minimum atomic E-state index is 0.663. The predicted molar refractivity (Wildman–Crippen MR) is 68.0 cm³/mol. The molecule has 0 fully saturated rings.